The summed E-state index contributed by atoms with van der Waals surface area (Å²) in [5.74, 6) is 3.83. The molecule has 5 atom stereocenters. The van der Waals surface area contributed by atoms with Gasteiger partial charge in [-0.3, -0.25) is 0 Å². The molecular weight excluding hydrogens is 240 g/mol. The standard InChI is InChI=1S/C20H34/c1-14(2)15(3)9-10-17(5)19-12-11-18-16(4)8-7-13-20(18,19)6/h9-10,14-15,17-19H,4,7-8,11-13H2,1-3,5-6H3/b10-9+/t15-,17+,18?,19+,20-/m0/s1. The van der Waals surface area contributed by atoms with Crippen molar-refractivity contribution in [2.24, 2.45) is 35.0 Å². The Kier molecular flexibility index (Phi) is 4.82. The van der Waals surface area contributed by atoms with Gasteiger partial charge in [-0.15, -0.1) is 0 Å². The van der Waals surface area contributed by atoms with E-state index in [1.165, 1.54) is 32.1 Å². The molecule has 0 saturated heterocycles. The van der Waals surface area contributed by atoms with Gasteiger partial charge in [-0.05, 0) is 67.1 Å². The van der Waals surface area contributed by atoms with Gasteiger partial charge in [0.1, 0.15) is 0 Å². The van der Waals surface area contributed by atoms with Crippen LogP contribution in [0.2, 0.25) is 0 Å². The summed E-state index contributed by atoms with van der Waals surface area (Å²) in [6, 6.07) is 0. The van der Waals surface area contributed by atoms with Gasteiger partial charge in [-0.25, -0.2) is 0 Å². The third-order valence-corrected chi connectivity index (χ3v) is 6.52. The van der Waals surface area contributed by atoms with E-state index < -0.39 is 0 Å². The summed E-state index contributed by atoms with van der Waals surface area (Å²) in [5, 5.41) is 0. The van der Waals surface area contributed by atoms with Gasteiger partial charge in [0.05, 0.1) is 0 Å². The van der Waals surface area contributed by atoms with E-state index in [0.29, 0.717) is 11.3 Å². The summed E-state index contributed by atoms with van der Waals surface area (Å²) in [6.45, 7) is 16.3. The number of allylic oxidation sites excluding steroid dienone is 3. The first-order chi connectivity index (χ1) is 9.36. The zero-order valence-electron chi connectivity index (χ0n) is 14.3. The minimum atomic E-state index is 0.528. The van der Waals surface area contributed by atoms with Crippen molar-refractivity contribution in [1.29, 1.82) is 0 Å². The molecule has 0 nitrogen and oxygen atoms in total. The maximum absolute atomic E-state index is 4.38. The SMILES string of the molecule is C=C1CCC[C@@]2(C)C1CC[C@@H]2[C@H](C)/C=C/[C@H](C)C(C)C. The monoisotopic (exact) mass is 274 g/mol. The Morgan fingerprint density at radius 3 is 2.50 bits per heavy atom. The Hall–Kier alpha value is -0.520. The van der Waals surface area contributed by atoms with Crippen LogP contribution in [0.4, 0.5) is 0 Å². The van der Waals surface area contributed by atoms with E-state index in [1.807, 2.05) is 0 Å². The lowest BCUT2D eigenvalue weighted by atomic mass is 9.61. The fourth-order valence-electron chi connectivity index (χ4n) is 4.74. The smallest absolute Gasteiger partial charge is 0.0149 e. The summed E-state index contributed by atoms with van der Waals surface area (Å²) in [4.78, 5) is 0. The second kappa shape index (κ2) is 6.08. The van der Waals surface area contributed by atoms with Gasteiger partial charge in [0.2, 0.25) is 0 Å². The summed E-state index contributed by atoms with van der Waals surface area (Å²) in [7, 11) is 0. The van der Waals surface area contributed by atoms with Crippen LogP contribution in [0.5, 0.6) is 0 Å². The zero-order chi connectivity index (χ0) is 14.9. The van der Waals surface area contributed by atoms with Crippen LogP contribution in [0.25, 0.3) is 0 Å². The fraction of sp³-hybridized carbons (Fsp3) is 0.800. The van der Waals surface area contributed by atoms with Gasteiger partial charge >= 0.3 is 0 Å². The van der Waals surface area contributed by atoms with Gasteiger partial charge in [0, 0.05) is 0 Å². The number of rotatable bonds is 4. The summed E-state index contributed by atoms with van der Waals surface area (Å²) < 4.78 is 0. The highest BCUT2D eigenvalue weighted by molar-refractivity contribution is 5.16. The molecule has 2 aliphatic rings. The van der Waals surface area contributed by atoms with Crippen LogP contribution in [0.15, 0.2) is 24.3 Å². The van der Waals surface area contributed by atoms with E-state index in [9.17, 15) is 0 Å². The molecule has 0 aliphatic heterocycles. The first kappa shape index (κ1) is 15.9. The normalized spacial score (nSPS) is 37.4. The van der Waals surface area contributed by atoms with Crippen molar-refractivity contribution in [3.05, 3.63) is 24.3 Å². The number of hydrogen-bond acceptors (Lipinski definition) is 0. The molecule has 2 rings (SSSR count). The summed E-state index contributed by atoms with van der Waals surface area (Å²) >= 11 is 0. The molecule has 0 aromatic rings. The highest BCUT2D eigenvalue weighted by atomic mass is 14.5. The molecule has 0 spiro atoms. The quantitative estimate of drug-likeness (QED) is 0.532. The lowest BCUT2D eigenvalue weighted by Crippen LogP contribution is -2.35. The van der Waals surface area contributed by atoms with Crippen LogP contribution in [0, 0.1) is 35.0 Å². The number of hydrogen-bond donors (Lipinski definition) is 0. The maximum Gasteiger partial charge on any atom is -0.0149 e. The second-order valence-electron chi connectivity index (χ2n) is 8.10. The zero-order valence-corrected chi connectivity index (χ0v) is 14.3. The lowest BCUT2D eigenvalue weighted by molar-refractivity contribution is 0.112. The van der Waals surface area contributed by atoms with Gasteiger partial charge in [0.25, 0.3) is 0 Å². The van der Waals surface area contributed by atoms with E-state index >= 15 is 0 Å². The second-order valence-corrected chi connectivity index (χ2v) is 8.10. The van der Waals surface area contributed by atoms with Crippen molar-refractivity contribution < 1.29 is 0 Å². The van der Waals surface area contributed by atoms with Crippen molar-refractivity contribution >= 4 is 0 Å². The van der Waals surface area contributed by atoms with Crippen LogP contribution in [-0.4, -0.2) is 0 Å². The third kappa shape index (κ3) is 2.90. The van der Waals surface area contributed by atoms with E-state index in [2.05, 4.69) is 53.3 Å². The van der Waals surface area contributed by atoms with Crippen molar-refractivity contribution in [3.8, 4) is 0 Å². The predicted molar refractivity (Wildman–Crippen MR) is 89.6 cm³/mol. The summed E-state index contributed by atoms with van der Waals surface area (Å²) in [5.41, 5.74) is 2.08. The minimum absolute atomic E-state index is 0.528. The Morgan fingerprint density at radius 2 is 1.85 bits per heavy atom. The van der Waals surface area contributed by atoms with E-state index in [0.717, 1.165) is 23.7 Å². The molecule has 114 valence electrons. The highest BCUT2D eigenvalue weighted by Gasteiger charge is 2.49. The Labute approximate surface area is 126 Å². The maximum atomic E-state index is 4.38. The first-order valence-electron chi connectivity index (χ1n) is 8.72. The molecule has 20 heavy (non-hydrogen) atoms. The molecule has 0 aromatic heterocycles. The Balaban J connectivity index is 2.07. The topological polar surface area (TPSA) is 0 Å². The van der Waals surface area contributed by atoms with Gasteiger partial charge < -0.3 is 0 Å². The largest absolute Gasteiger partial charge is 0.0996 e. The molecular formula is C20H34. The highest BCUT2D eigenvalue weighted by Crippen LogP contribution is 2.59. The molecule has 1 unspecified atom stereocenters. The average Bonchev–Trinajstić information content (AvgIpc) is 2.74. The Bertz CT molecular complexity index is 375. The molecule has 0 heteroatoms. The van der Waals surface area contributed by atoms with Gasteiger partial charge in [-0.1, -0.05) is 58.9 Å². The van der Waals surface area contributed by atoms with Crippen LogP contribution < -0.4 is 0 Å². The average molecular weight is 274 g/mol. The molecule has 0 heterocycles. The van der Waals surface area contributed by atoms with E-state index in [1.54, 1.807) is 5.57 Å². The predicted octanol–water partition coefficient (Wildman–Crippen LogP) is 6.24. The van der Waals surface area contributed by atoms with Crippen LogP contribution in [0.1, 0.15) is 66.7 Å². The number of fused-ring (bicyclic) bond motifs is 1. The molecule has 2 aliphatic carbocycles. The molecule has 2 saturated carbocycles. The van der Waals surface area contributed by atoms with Crippen molar-refractivity contribution in [1.82, 2.24) is 0 Å². The third-order valence-electron chi connectivity index (χ3n) is 6.52. The van der Waals surface area contributed by atoms with E-state index in [4.69, 9.17) is 0 Å². The van der Waals surface area contributed by atoms with Crippen LogP contribution in [0.3, 0.4) is 0 Å². The minimum Gasteiger partial charge on any atom is -0.0996 e. The van der Waals surface area contributed by atoms with Crippen molar-refractivity contribution in [2.45, 2.75) is 66.7 Å². The van der Waals surface area contributed by atoms with E-state index in [-0.39, 0.29) is 0 Å². The van der Waals surface area contributed by atoms with Crippen LogP contribution >= 0.6 is 0 Å². The molecule has 0 amide bonds. The Morgan fingerprint density at radius 1 is 1.15 bits per heavy atom. The molecule has 0 N–H and O–H groups in total. The molecule has 0 bridgehead atoms. The van der Waals surface area contributed by atoms with Crippen LogP contribution in [-0.2, 0) is 0 Å². The fourth-order valence-corrected chi connectivity index (χ4v) is 4.74. The molecule has 0 aromatic carbocycles. The van der Waals surface area contributed by atoms with Crippen molar-refractivity contribution in [2.75, 3.05) is 0 Å². The van der Waals surface area contributed by atoms with Gasteiger partial charge in [0.15, 0.2) is 0 Å². The molecule has 2 fully saturated rings. The van der Waals surface area contributed by atoms with Crippen molar-refractivity contribution in [3.63, 3.8) is 0 Å². The lowest BCUT2D eigenvalue weighted by Gasteiger charge is -2.43. The van der Waals surface area contributed by atoms with Gasteiger partial charge in [-0.2, -0.15) is 0 Å². The molecule has 0 radical (unpaired) electrons. The first-order valence-corrected chi connectivity index (χ1v) is 8.72. The summed E-state index contributed by atoms with van der Waals surface area (Å²) in [6.07, 6.45) is 11.8.